The van der Waals surface area contributed by atoms with Crippen LogP contribution >= 0.6 is 11.8 Å². The molecule has 0 amide bonds. The Labute approximate surface area is 164 Å². The van der Waals surface area contributed by atoms with Gasteiger partial charge in [0.05, 0.1) is 12.4 Å². The molecule has 2 unspecified atom stereocenters. The van der Waals surface area contributed by atoms with Crippen molar-refractivity contribution in [3.8, 4) is 0 Å². The standard InChI is InChI=1S/C21H26FNO3S/c1-4-15-17(19(24)27-6-3)16(5-2)23-18(14-10-8-7-9-11-14)21(15,12-13-22)20(25)26/h7-11,15H,4-6,12-13H2,1-3H3,(H,25,26). The summed E-state index contributed by atoms with van der Waals surface area (Å²) in [5.74, 6) is -1.15. The molecule has 0 saturated heterocycles. The summed E-state index contributed by atoms with van der Waals surface area (Å²) in [6, 6.07) is 9.05. The second kappa shape index (κ2) is 9.31. The zero-order valence-corrected chi connectivity index (χ0v) is 16.8. The van der Waals surface area contributed by atoms with Crippen molar-refractivity contribution in [2.75, 3.05) is 12.4 Å². The van der Waals surface area contributed by atoms with E-state index in [1.165, 1.54) is 0 Å². The number of carboxylic acids is 1. The quantitative estimate of drug-likeness (QED) is 0.685. The van der Waals surface area contributed by atoms with Gasteiger partial charge in [0.1, 0.15) is 5.41 Å². The monoisotopic (exact) mass is 391 g/mol. The van der Waals surface area contributed by atoms with Crippen LogP contribution in [0.3, 0.4) is 0 Å². The van der Waals surface area contributed by atoms with E-state index < -0.39 is 24.0 Å². The van der Waals surface area contributed by atoms with Crippen LogP contribution in [-0.4, -0.2) is 34.3 Å². The molecule has 0 fully saturated rings. The number of aliphatic imine (C=N–C) groups is 1. The summed E-state index contributed by atoms with van der Waals surface area (Å²) in [5.41, 5.74) is 0.523. The lowest BCUT2D eigenvalue weighted by molar-refractivity contribution is -0.147. The van der Waals surface area contributed by atoms with E-state index in [0.29, 0.717) is 41.1 Å². The summed E-state index contributed by atoms with van der Waals surface area (Å²) in [4.78, 5) is 30.1. The van der Waals surface area contributed by atoms with Crippen LogP contribution < -0.4 is 0 Å². The fraction of sp³-hybridized carbons (Fsp3) is 0.476. The number of halogens is 1. The number of allylic oxidation sites excluding steroid dienone is 1. The fourth-order valence-corrected chi connectivity index (χ4v) is 4.59. The minimum atomic E-state index is -1.55. The van der Waals surface area contributed by atoms with Gasteiger partial charge in [-0.05, 0) is 30.6 Å². The van der Waals surface area contributed by atoms with Crippen molar-refractivity contribution in [3.05, 3.63) is 47.2 Å². The largest absolute Gasteiger partial charge is 0.481 e. The van der Waals surface area contributed by atoms with E-state index in [4.69, 9.17) is 0 Å². The fourth-order valence-electron chi connectivity index (χ4n) is 3.92. The average molecular weight is 392 g/mol. The molecule has 0 radical (unpaired) electrons. The molecule has 2 rings (SSSR count). The van der Waals surface area contributed by atoms with Gasteiger partial charge < -0.3 is 5.11 Å². The van der Waals surface area contributed by atoms with Crippen molar-refractivity contribution in [3.63, 3.8) is 0 Å². The number of alkyl halides is 1. The molecule has 1 aliphatic heterocycles. The van der Waals surface area contributed by atoms with E-state index in [0.717, 1.165) is 11.8 Å². The SMILES string of the molecule is CCSC(=O)C1=C(CC)N=C(c2ccccc2)C(CCF)(C(=O)O)C1CC. The summed E-state index contributed by atoms with van der Waals surface area (Å²) in [6.45, 7) is 4.84. The molecule has 1 heterocycles. The Balaban J connectivity index is 2.83. The van der Waals surface area contributed by atoms with Crippen LogP contribution in [-0.2, 0) is 9.59 Å². The first-order valence-electron chi connectivity index (χ1n) is 9.31. The average Bonchev–Trinajstić information content (AvgIpc) is 2.67. The van der Waals surface area contributed by atoms with Gasteiger partial charge in [0, 0.05) is 17.2 Å². The van der Waals surface area contributed by atoms with Crippen molar-refractivity contribution in [2.45, 2.75) is 40.0 Å². The molecule has 1 N–H and O–H groups in total. The Hall–Kier alpha value is -1.95. The van der Waals surface area contributed by atoms with Gasteiger partial charge in [0.15, 0.2) is 0 Å². The summed E-state index contributed by atoms with van der Waals surface area (Å²) in [5, 5.41) is 10.1. The molecular weight excluding hydrogens is 365 g/mol. The minimum Gasteiger partial charge on any atom is -0.481 e. The van der Waals surface area contributed by atoms with Crippen LogP contribution in [0.1, 0.15) is 45.6 Å². The predicted molar refractivity (Wildman–Crippen MR) is 108 cm³/mol. The molecule has 1 aromatic rings. The number of rotatable bonds is 8. The van der Waals surface area contributed by atoms with E-state index in [1.54, 1.807) is 12.1 Å². The van der Waals surface area contributed by atoms with E-state index in [-0.39, 0.29) is 11.5 Å². The summed E-state index contributed by atoms with van der Waals surface area (Å²) < 4.78 is 13.6. The lowest BCUT2D eigenvalue weighted by Crippen LogP contribution is -2.50. The van der Waals surface area contributed by atoms with Crippen LogP contribution in [0.2, 0.25) is 0 Å². The molecule has 0 saturated carbocycles. The van der Waals surface area contributed by atoms with E-state index in [9.17, 15) is 19.1 Å². The zero-order valence-electron chi connectivity index (χ0n) is 16.0. The molecule has 27 heavy (non-hydrogen) atoms. The third-order valence-corrected chi connectivity index (χ3v) is 5.85. The Kier molecular flexibility index (Phi) is 7.36. The van der Waals surface area contributed by atoms with Crippen LogP contribution in [0, 0.1) is 11.3 Å². The van der Waals surface area contributed by atoms with Crippen LogP contribution in [0.5, 0.6) is 0 Å². The number of carbonyl (C=O) groups excluding carboxylic acids is 1. The molecule has 1 aliphatic rings. The highest BCUT2D eigenvalue weighted by atomic mass is 32.2. The topological polar surface area (TPSA) is 66.7 Å². The van der Waals surface area contributed by atoms with Crippen molar-refractivity contribution in [2.24, 2.45) is 16.3 Å². The number of carboxylic acid groups (broad SMARTS) is 1. The molecule has 0 bridgehead atoms. The minimum absolute atomic E-state index is 0.151. The molecule has 0 aliphatic carbocycles. The van der Waals surface area contributed by atoms with Gasteiger partial charge in [0.25, 0.3) is 0 Å². The Morgan fingerprint density at radius 1 is 1.22 bits per heavy atom. The second-order valence-corrected chi connectivity index (χ2v) is 7.67. The van der Waals surface area contributed by atoms with Gasteiger partial charge in [-0.1, -0.05) is 62.9 Å². The van der Waals surface area contributed by atoms with E-state index in [1.807, 2.05) is 39.0 Å². The smallest absolute Gasteiger partial charge is 0.316 e. The van der Waals surface area contributed by atoms with Gasteiger partial charge in [-0.2, -0.15) is 0 Å². The van der Waals surface area contributed by atoms with Crippen LogP contribution in [0.25, 0.3) is 0 Å². The number of thioether (sulfide) groups is 1. The zero-order chi connectivity index (χ0) is 20.0. The number of aliphatic carboxylic acids is 1. The number of hydrogen-bond acceptors (Lipinski definition) is 4. The lowest BCUT2D eigenvalue weighted by atomic mass is 9.62. The first-order valence-corrected chi connectivity index (χ1v) is 10.3. The molecule has 146 valence electrons. The van der Waals surface area contributed by atoms with Crippen molar-refractivity contribution < 1.29 is 19.1 Å². The maximum absolute atomic E-state index is 13.6. The Morgan fingerprint density at radius 3 is 2.37 bits per heavy atom. The second-order valence-electron chi connectivity index (χ2n) is 6.44. The first-order chi connectivity index (χ1) is 13.0. The molecule has 0 spiro atoms. The molecular formula is C21H26FNO3S. The first kappa shape index (κ1) is 21.4. The van der Waals surface area contributed by atoms with Crippen molar-refractivity contribution in [1.29, 1.82) is 0 Å². The van der Waals surface area contributed by atoms with Crippen molar-refractivity contribution in [1.82, 2.24) is 0 Å². The number of benzene rings is 1. The van der Waals surface area contributed by atoms with Gasteiger partial charge in [-0.3, -0.25) is 19.0 Å². The normalized spacial score (nSPS) is 22.5. The highest BCUT2D eigenvalue weighted by molar-refractivity contribution is 8.14. The molecule has 6 heteroatoms. The molecule has 2 atom stereocenters. The summed E-state index contributed by atoms with van der Waals surface area (Å²) in [6.07, 6.45) is 0.732. The molecule has 1 aromatic carbocycles. The highest BCUT2D eigenvalue weighted by Crippen LogP contribution is 2.48. The van der Waals surface area contributed by atoms with Gasteiger partial charge in [-0.15, -0.1) is 0 Å². The number of nitrogens with zero attached hydrogens (tertiary/aromatic N) is 1. The number of carbonyl (C=O) groups is 2. The van der Waals surface area contributed by atoms with Gasteiger partial charge in [0.2, 0.25) is 5.12 Å². The Bertz CT molecular complexity index is 760. The maximum Gasteiger partial charge on any atom is 0.316 e. The number of hydrogen-bond donors (Lipinski definition) is 1. The van der Waals surface area contributed by atoms with Crippen molar-refractivity contribution >= 4 is 28.6 Å². The predicted octanol–water partition coefficient (Wildman–Crippen LogP) is 4.89. The van der Waals surface area contributed by atoms with Gasteiger partial charge >= 0.3 is 5.97 Å². The third kappa shape index (κ3) is 3.86. The lowest BCUT2D eigenvalue weighted by Gasteiger charge is -2.42. The maximum atomic E-state index is 13.6. The van der Waals surface area contributed by atoms with Gasteiger partial charge in [-0.25, -0.2) is 0 Å². The van der Waals surface area contributed by atoms with E-state index in [2.05, 4.69) is 4.99 Å². The highest BCUT2D eigenvalue weighted by Gasteiger charge is 2.54. The molecule has 4 nitrogen and oxygen atoms in total. The van der Waals surface area contributed by atoms with Crippen LogP contribution in [0.4, 0.5) is 4.39 Å². The third-order valence-electron chi connectivity index (χ3n) is 5.08. The molecule has 0 aromatic heterocycles. The van der Waals surface area contributed by atoms with Crippen LogP contribution in [0.15, 0.2) is 46.6 Å². The Morgan fingerprint density at radius 2 is 1.89 bits per heavy atom. The summed E-state index contributed by atoms with van der Waals surface area (Å²) in [7, 11) is 0. The van der Waals surface area contributed by atoms with E-state index >= 15 is 0 Å². The summed E-state index contributed by atoms with van der Waals surface area (Å²) >= 11 is 1.15.